The van der Waals surface area contributed by atoms with E-state index in [1.807, 2.05) is 47.4 Å². The van der Waals surface area contributed by atoms with Crippen molar-refractivity contribution in [2.45, 2.75) is 4.90 Å². The van der Waals surface area contributed by atoms with Crippen LogP contribution >= 0.6 is 24.2 Å². The van der Waals surface area contributed by atoms with Crippen molar-refractivity contribution in [1.29, 1.82) is 0 Å². The number of amides is 2. The fourth-order valence-electron chi connectivity index (χ4n) is 2.85. The molecule has 6 nitrogen and oxygen atoms in total. The van der Waals surface area contributed by atoms with E-state index in [0.717, 1.165) is 18.0 Å². The van der Waals surface area contributed by atoms with Crippen LogP contribution < -0.4 is 15.4 Å². The highest BCUT2D eigenvalue weighted by Crippen LogP contribution is 2.25. The number of methoxy groups -OCH3 is 1. The van der Waals surface area contributed by atoms with Crippen molar-refractivity contribution in [2.24, 2.45) is 0 Å². The second-order valence-corrected chi connectivity index (χ2v) is 7.12. The lowest BCUT2D eigenvalue weighted by molar-refractivity contribution is -0.113. The number of hydrogen-bond donors (Lipinski definition) is 2. The van der Waals surface area contributed by atoms with E-state index >= 15 is 0 Å². The molecule has 2 N–H and O–H groups in total. The summed E-state index contributed by atoms with van der Waals surface area (Å²) in [5.41, 5.74) is 1.34. The van der Waals surface area contributed by atoms with Crippen LogP contribution in [0.3, 0.4) is 0 Å². The van der Waals surface area contributed by atoms with Crippen molar-refractivity contribution in [1.82, 2.24) is 10.2 Å². The number of benzene rings is 2. The zero-order chi connectivity index (χ0) is 19.1. The molecule has 1 aliphatic rings. The maximum Gasteiger partial charge on any atom is 0.255 e. The van der Waals surface area contributed by atoms with Crippen LogP contribution in [-0.4, -0.2) is 55.8 Å². The van der Waals surface area contributed by atoms with Crippen LogP contribution in [0, 0.1) is 0 Å². The molecule has 0 unspecified atom stereocenters. The molecule has 2 aromatic carbocycles. The summed E-state index contributed by atoms with van der Waals surface area (Å²) in [4.78, 5) is 27.8. The lowest BCUT2D eigenvalue weighted by Gasteiger charge is -2.28. The normalized spacial score (nSPS) is 13.4. The highest BCUT2D eigenvalue weighted by atomic mass is 35.5. The number of piperazine rings is 1. The van der Waals surface area contributed by atoms with Gasteiger partial charge in [0, 0.05) is 42.8 Å². The minimum Gasteiger partial charge on any atom is -0.497 e. The molecule has 2 aromatic rings. The summed E-state index contributed by atoms with van der Waals surface area (Å²) in [6.07, 6.45) is 0. The number of carbonyl (C=O) groups excluding carboxylic acids is 2. The number of thioether (sulfide) groups is 1. The van der Waals surface area contributed by atoms with Gasteiger partial charge in [-0.1, -0.05) is 18.2 Å². The second kappa shape index (κ2) is 10.9. The quantitative estimate of drug-likeness (QED) is 0.702. The second-order valence-electron chi connectivity index (χ2n) is 6.11. The first-order chi connectivity index (χ1) is 13.2. The van der Waals surface area contributed by atoms with Crippen LogP contribution in [0.25, 0.3) is 0 Å². The van der Waals surface area contributed by atoms with E-state index < -0.39 is 0 Å². The Bertz CT molecular complexity index is 813. The number of ether oxygens (including phenoxy) is 1. The van der Waals surface area contributed by atoms with Crippen molar-refractivity contribution in [3.8, 4) is 5.75 Å². The summed E-state index contributed by atoms with van der Waals surface area (Å²) in [5, 5.41) is 6.10. The van der Waals surface area contributed by atoms with Gasteiger partial charge in [0.25, 0.3) is 5.91 Å². The number of carbonyl (C=O) groups is 2. The van der Waals surface area contributed by atoms with Gasteiger partial charge in [-0.05, 0) is 24.3 Å². The molecule has 0 bridgehead atoms. The minimum atomic E-state index is -0.127. The summed E-state index contributed by atoms with van der Waals surface area (Å²) in [6, 6.07) is 14.7. The van der Waals surface area contributed by atoms with Gasteiger partial charge in [-0.15, -0.1) is 24.2 Å². The van der Waals surface area contributed by atoms with Gasteiger partial charge in [-0.25, -0.2) is 0 Å². The summed E-state index contributed by atoms with van der Waals surface area (Å²) in [5.74, 6) is 0.807. The standard InChI is InChI=1S/C20H23N3O3S.ClH/c1-26-16-6-4-5-15(13-16)22-19(24)14-27-18-8-3-2-7-17(18)20(25)23-11-9-21-10-12-23;/h2-8,13,21H,9-12,14H2,1H3,(H,22,24);1H. The fourth-order valence-corrected chi connectivity index (χ4v) is 3.69. The van der Waals surface area contributed by atoms with Crippen LogP contribution in [-0.2, 0) is 4.79 Å². The maximum atomic E-state index is 12.8. The Hall–Kier alpha value is -2.22. The molecule has 0 radical (unpaired) electrons. The molecule has 0 atom stereocenters. The first-order valence-electron chi connectivity index (χ1n) is 8.83. The Kier molecular flexibility index (Phi) is 8.63. The lowest BCUT2D eigenvalue weighted by atomic mass is 10.2. The zero-order valence-corrected chi connectivity index (χ0v) is 17.3. The molecule has 8 heteroatoms. The topological polar surface area (TPSA) is 70.7 Å². The van der Waals surface area contributed by atoms with E-state index in [1.54, 1.807) is 13.2 Å². The SMILES string of the molecule is COc1cccc(NC(=O)CSc2ccccc2C(=O)N2CCNCC2)c1.Cl. The van der Waals surface area contributed by atoms with Crippen LogP contribution in [0.5, 0.6) is 5.75 Å². The van der Waals surface area contributed by atoms with Crippen LogP contribution in [0.1, 0.15) is 10.4 Å². The molecule has 1 fully saturated rings. The van der Waals surface area contributed by atoms with Crippen molar-refractivity contribution < 1.29 is 14.3 Å². The molecule has 0 aliphatic carbocycles. The van der Waals surface area contributed by atoms with Crippen molar-refractivity contribution in [3.63, 3.8) is 0 Å². The highest BCUT2D eigenvalue weighted by Gasteiger charge is 2.20. The highest BCUT2D eigenvalue weighted by molar-refractivity contribution is 8.00. The van der Waals surface area contributed by atoms with Crippen LogP contribution in [0.15, 0.2) is 53.4 Å². The van der Waals surface area contributed by atoms with E-state index in [-0.39, 0.29) is 30.0 Å². The third-order valence-corrected chi connectivity index (χ3v) is 5.31. The monoisotopic (exact) mass is 421 g/mol. The number of rotatable bonds is 6. The smallest absolute Gasteiger partial charge is 0.255 e. The third kappa shape index (κ3) is 5.89. The number of nitrogens with one attached hydrogen (secondary N) is 2. The molecular formula is C20H24ClN3O3S. The van der Waals surface area contributed by atoms with E-state index in [4.69, 9.17) is 4.74 Å². The molecule has 0 saturated carbocycles. The minimum absolute atomic E-state index is 0. The number of hydrogen-bond acceptors (Lipinski definition) is 5. The first-order valence-corrected chi connectivity index (χ1v) is 9.81. The van der Waals surface area contributed by atoms with Gasteiger partial charge in [0.1, 0.15) is 5.75 Å². The predicted octanol–water partition coefficient (Wildman–Crippen LogP) is 2.89. The summed E-state index contributed by atoms with van der Waals surface area (Å²) in [7, 11) is 1.59. The van der Waals surface area contributed by atoms with Gasteiger partial charge >= 0.3 is 0 Å². The number of anilines is 1. The van der Waals surface area contributed by atoms with Crippen LogP contribution in [0.2, 0.25) is 0 Å². The predicted molar refractivity (Wildman–Crippen MR) is 115 cm³/mol. The van der Waals surface area contributed by atoms with E-state index in [0.29, 0.717) is 30.1 Å². The third-order valence-electron chi connectivity index (χ3n) is 4.23. The van der Waals surface area contributed by atoms with Gasteiger partial charge in [-0.2, -0.15) is 0 Å². The Morgan fingerprint density at radius 2 is 1.89 bits per heavy atom. The molecule has 3 rings (SSSR count). The van der Waals surface area contributed by atoms with Gasteiger partial charge in [0.05, 0.1) is 18.4 Å². The summed E-state index contributed by atoms with van der Waals surface area (Å²) in [6.45, 7) is 3.02. The fraction of sp³-hybridized carbons (Fsp3) is 0.300. The van der Waals surface area contributed by atoms with E-state index in [9.17, 15) is 9.59 Å². The molecule has 28 heavy (non-hydrogen) atoms. The van der Waals surface area contributed by atoms with Gasteiger partial charge in [-0.3, -0.25) is 9.59 Å². The number of nitrogens with zero attached hydrogens (tertiary/aromatic N) is 1. The van der Waals surface area contributed by atoms with Gasteiger partial charge in [0.2, 0.25) is 5.91 Å². The largest absolute Gasteiger partial charge is 0.497 e. The van der Waals surface area contributed by atoms with Gasteiger partial charge in [0.15, 0.2) is 0 Å². The average molecular weight is 422 g/mol. The Morgan fingerprint density at radius 1 is 1.14 bits per heavy atom. The summed E-state index contributed by atoms with van der Waals surface area (Å²) >= 11 is 1.37. The summed E-state index contributed by atoms with van der Waals surface area (Å²) < 4.78 is 5.16. The lowest BCUT2D eigenvalue weighted by Crippen LogP contribution is -2.46. The molecule has 2 amide bonds. The Balaban J connectivity index is 0.00000280. The zero-order valence-electron chi connectivity index (χ0n) is 15.6. The molecule has 1 aliphatic heterocycles. The molecular weight excluding hydrogens is 398 g/mol. The molecule has 0 spiro atoms. The van der Waals surface area contributed by atoms with E-state index in [1.165, 1.54) is 11.8 Å². The van der Waals surface area contributed by atoms with Crippen molar-refractivity contribution in [2.75, 3.05) is 44.4 Å². The number of halogens is 1. The van der Waals surface area contributed by atoms with E-state index in [2.05, 4.69) is 10.6 Å². The Morgan fingerprint density at radius 3 is 2.64 bits per heavy atom. The molecule has 1 heterocycles. The maximum absolute atomic E-state index is 12.8. The molecule has 1 saturated heterocycles. The van der Waals surface area contributed by atoms with Crippen molar-refractivity contribution >= 4 is 41.7 Å². The molecule has 150 valence electrons. The van der Waals surface area contributed by atoms with Crippen LogP contribution in [0.4, 0.5) is 5.69 Å². The average Bonchev–Trinajstić information content (AvgIpc) is 2.72. The van der Waals surface area contributed by atoms with Crippen molar-refractivity contribution in [3.05, 3.63) is 54.1 Å². The Labute approximate surface area is 175 Å². The molecule has 0 aromatic heterocycles. The van der Waals surface area contributed by atoms with Gasteiger partial charge < -0.3 is 20.3 Å². The first kappa shape index (κ1) is 22.1.